The highest BCUT2D eigenvalue weighted by atomic mass is 16.5. The first-order valence-electron chi connectivity index (χ1n) is 4.91. The molecule has 3 nitrogen and oxygen atoms in total. The Bertz CT molecular complexity index is 270. The minimum absolute atomic E-state index is 0.164. The van der Waals surface area contributed by atoms with E-state index < -0.39 is 0 Å². The molecule has 3 heteroatoms. The summed E-state index contributed by atoms with van der Waals surface area (Å²) in [5, 5.41) is 0. The van der Waals surface area contributed by atoms with Crippen molar-refractivity contribution in [1.82, 2.24) is 9.97 Å². The number of hydrogen-bond acceptors (Lipinski definition) is 3. The van der Waals surface area contributed by atoms with Crippen LogP contribution in [0.2, 0.25) is 0 Å². The summed E-state index contributed by atoms with van der Waals surface area (Å²) < 4.78 is 5.56. The zero-order valence-electron chi connectivity index (χ0n) is 9.32. The van der Waals surface area contributed by atoms with Crippen LogP contribution in [0, 0.1) is 11.3 Å². The predicted molar refractivity (Wildman–Crippen MR) is 56.1 cm³/mol. The summed E-state index contributed by atoms with van der Waals surface area (Å²) in [7, 11) is 0. The molecule has 0 atom stereocenters. The smallest absolute Gasteiger partial charge is 0.232 e. The Kier molecular flexibility index (Phi) is 3.44. The summed E-state index contributed by atoms with van der Waals surface area (Å²) in [4.78, 5) is 8.00. The van der Waals surface area contributed by atoms with Gasteiger partial charge in [-0.2, -0.15) is 0 Å². The quantitative estimate of drug-likeness (QED) is 0.738. The molecule has 78 valence electrons. The van der Waals surface area contributed by atoms with Gasteiger partial charge in [-0.05, 0) is 5.92 Å². The maximum absolute atomic E-state index is 5.56. The molecule has 0 fully saturated rings. The van der Waals surface area contributed by atoms with Gasteiger partial charge in [0, 0.05) is 17.8 Å². The van der Waals surface area contributed by atoms with Crippen LogP contribution in [-0.2, 0) is 0 Å². The summed E-state index contributed by atoms with van der Waals surface area (Å²) in [5.41, 5.74) is 0.164. The van der Waals surface area contributed by atoms with Crippen LogP contribution in [0.25, 0.3) is 0 Å². The maximum Gasteiger partial charge on any atom is 0.232 e. The molecule has 0 spiro atoms. The van der Waals surface area contributed by atoms with Crippen molar-refractivity contribution in [2.24, 2.45) is 11.3 Å². The lowest BCUT2D eigenvalue weighted by Crippen LogP contribution is -2.27. The predicted octanol–water partition coefficient (Wildman–Crippen LogP) is 2.54. The molecule has 0 saturated heterocycles. The van der Waals surface area contributed by atoms with Crippen molar-refractivity contribution in [3.8, 4) is 5.88 Å². The minimum Gasteiger partial charge on any atom is -0.476 e. The van der Waals surface area contributed by atoms with Crippen LogP contribution >= 0.6 is 0 Å². The number of ether oxygens (including phenoxy) is 1. The Balaban J connectivity index is 2.49. The maximum atomic E-state index is 5.56. The lowest BCUT2D eigenvalue weighted by atomic mass is 9.82. The number of aromatic nitrogens is 2. The van der Waals surface area contributed by atoms with Gasteiger partial charge in [0.25, 0.3) is 0 Å². The van der Waals surface area contributed by atoms with Crippen molar-refractivity contribution < 1.29 is 4.74 Å². The lowest BCUT2D eigenvalue weighted by molar-refractivity contribution is 0.126. The Morgan fingerprint density at radius 2 is 2.07 bits per heavy atom. The highest BCUT2D eigenvalue weighted by molar-refractivity contribution is 5.01. The van der Waals surface area contributed by atoms with E-state index >= 15 is 0 Å². The van der Waals surface area contributed by atoms with Gasteiger partial charge in [-0.1, -0.05) is 27.7 Å². The third-order valence-corrected chi connectivity index (χ3v) is 2.69. The average molecular weight is 194 g/mol. The molecule has 0 aliphatic heterocycles. The van der Waals surface area contributed by atoms with E-state index in [1.54, 1.807) is 18.6 Å². The Hall–Kier alpha value is -1.12. The standard InChI is InChI=1S/C11H18N2O/c1-9(2)11(3,4)8-14-10-7-12-5-6-13-10/h5-7,9H,8H2,1-4H3. The summed E-state index contributed by atoms with van der Waals surface area (Å²) in [6, 6.07) is 0. The fourth-order valence-corrected chi connectivity index (χ4v) is 0.787. The van der Waals surface area contributed by atoms with Gasteiger partial charge in [0.2, 0.25) is 5.88 Å². The lowest BCUT2D eigenvalue weighted by Gasteiger charge is -2.28. The molecular weight excluding hydrogens is 176 g/mol. The van der Waals surface area contributed by atoms with Crippen LogP contribution in [0.15, 0.2) is 18.6 Å². The summed E-state index contributed by atoms with van der Waals surface area (Å²) in [6.07, 6.45) is 4.91. The fraction of sp³-hybridized carbons (Fsp3) is 0.636. The number of nitrogens with zero attached hydrogens (tertiary/aromatic N) is 2. The number of rotatable bonds is 4. The van der Waals surface area contributed by atoms with Gasteiger partial charge >= 0.3 is 0 Å². The molecule has 1 aromatic heterocycles. The van der Waals surface area contributed by atoms with Crippen molar-refractivity contribution in [2.75, 3.05) is 6.61 Å². The third kappa shape index (κ3) is 2.98. The van der Waals surface area contributed by atoms with Gasteiger partial charge in [0.05, 0.1) is 12.8 Å². The van der Waals surface area contributed by atoms with Gasteiger partial charge in [-0.25, -0.2) is 4.98 Å². The average Bonchev–Trinajstić information content (AvgIpc) is 2.16. The van der Waals surface area contributed by atoms with E-state index in [-0.39, 0.29) is 5.41 Å². The van der Waals surface area contributed by atoms with Crippen LogP contribution in [-0.4, -0.2) is 16.6 Å². The van der Waals surface area contributed by atoms with E-state index in [9.17, 15) is 0 Å². The molecule has 0 aliphatic carbocycles. The minimum atomic E-state index is 0.164. The van der Waals surface area contributed by atoms with E-state index in [1.165, 1.54) is 0 Å². The van der Waals surface area contributed by atoms with Gasteiger partial charge in [-0.3, -0.25) is 4.98 Å². The van der Waals surface area contributed by atoms with Crippen LogP contribution in [0.3, 0.4) is 0 Å². The van der Waals surface area contributed by atoms with Gasteiger partial charge in [-0.15, -0.1) is 0 Å². The fourth-order valence-electron chi connectivity index (χ4n) is 0.787. The largest absolute Gasteiger partial charge is 0.476 e. The molecule has 0 aliphatic rings. The first-order chi connectivity index (χ1) is 6.52. The highest BCUT2D eigenvalue weighted by Gasteiger charge is 2.23. The molecule has 0 radical (unpaired) electrons. The Labute approximate surface area is 85.5 Å². The van der Waals surface area contributed by atoms with Crippen molar-refractivity contribution in [3.05, 3.63) is 18.6 Å². The molecule has 1 heterocycles. The third-order valence-electron chi connectivity index (χ3n) is 2.69. The molecule has 0 unspecified atom stereocenters. The molecule has 14 heavy (non-hydrogen) atoms. The van der Waals surface area contributed by atoms with Crippen molar-refractivity contribution in [2.45, 2.75) is 27.7 Å². The molecule has 0 amide bonds. The van der Waals surface area contributed by atoms with E-state index in [2.05, 4.69) is 37.7 Å². The molecule has 0 bridgehead atoms. The number of hydrogen-bond donors (Lipinski definition) is 0. The summed E-state index contributed by atoms with van der Waals surface area (Å²) in [5.74, 6) is 1.18. The first kappa shape index (κ1) is 11.0. The second-order valence-corrected chi connectivity index (χ2v) is 4.48. The first-order valence-corrected chi connectivity index (χ1v) is 4.91. The molecule has 1 aromatic rings. The topological polar surface area (TPSA) is 35.0 Å². The highest BCUT2D eigenvalue weighted by Crippen LogP contribution is 2.26. The molecule has 0 saturated carbocycles. The molecule has 1 rings (SSSR count). The van der Waals surface area contributed by atoms with Crippen LogP contribution < -0.4 is 4.74 Å². The Morgan fingerprint density at radius 3 is 2.57 bits per heavy atom. The second kappa shape index (κ2) is 4.40. The van der Waals surface area contributed by atoms with Gasteiger partial charge in [0.1, 0.15) is 0 Å². The monoisotopic (exact) mass is 194 g/mol. The zero-order chi connectivity index (χ0) is 10.6. The summed E-state index contributed by atoms with van der Waals surface area (Å²) in [6.45, 7) is 9.44. The van der Waals surface area contributed by atoms with Gasteiger partial charge in [0.15, 0.2) is 0 Å². The normalized spacial score (nSPS) is 11.8. The van der Waals surface area contributed by atoms with Gasteiger partial charge < -0.3 is 4.74 Å². The van der Waals surface area contributed by atoms with Crippen molar-refractivity contribution >= 4 is 0 Å². The molecule has 0 N–H and O–H groups in total. The van der Waals surface area contributed by atoms with E-state index in [1.807, 2.05) is 0 Å². The van der Waals surface area contributed by atoms with Crippen LogP contribution in [0.5, 0.6) is 5.88 Å². The second-order valence-electron chi connectivity index (χ2n) is 4.48. The van der Waals surface area contributed by atoms with Crippen LogP contribution in [0.4, 0.5) is 0 Å². The van der Waals surface area contributed by atoms with Crippen molar-refractivity contribution in [3.63, 3.8) is 0 Å². The van der Waals surface area contributed by atoms with E-state index in [4.69, 9.17) is 4.74 Å². The zero-order valence-corrected chi connectivity index (χ0v) is 9.32. The SMILES string of the molecule is CC(C)C(C)(C)COc1cnccn1. The Morgan fingerprint density at radius 1 is 1.36 bits per heavy atom. The van der Waals surface area contributed by atoms with Crippen molar-refractivity contribution in [1.29, 1.82) is 0 Å². The molecular formula is C11H18N2O. The molecule has 0 aromatic carbocycles. The van der Waals surface area contributed by atoms with E-state index in [0.29, 0.717) is 18.4 Å². The van der Waals surface area contributed by atoms with Crippen LogP contribution in [0.1, 0.15) is 27.7 Å². The summed E-state index contributed by atoms with van der Waals surface area (Å²) >= 11 is 0. The van der Waals surface area contributed by atoms with E-state index in [0.717, 1.165) is 0 Å².